The van der Waals surface area contributed by atoms with E-state index < -0.39 is 0 Å². The number of likely N-dealkylation sites (N-methyl/N-ethyl adjacent to an activating group) is 1. The fourth-order valence-electron chi connectivity index (χ4n) is 1.73. The van der Waals surface area contributed by atoms with Crippen molar-refractivity contribution in [2.45, 2.75) is 20.3 Å². The van der Waals surface area contributed by atoms with Crippen molar-refractivity contribution >= 4 is 6.29 Å². The molecule has 88 valence electrons. The molecule has 0 saturated heterocycles. The average molecular weight is 221 g/mol. The zero-order valence-electron chi connectivity index (χ0n) is 9.94. The Kier molecular flexibility index (Phi) is 4.99. The summed E-state index contributed by atoms with van der Waals surface area (Å²) in [7, 11) is 0. The van der Waals surface area contributed by atoms with E-state index in [0.717, 1.165) is 31.6 Å². The van der Waals surface area contributed by atoms with Crippen molar-refractivity contribution in [3.05, 3.63) is 29.3 Å². The van der Waals surface area contributed by atoms with Crippen molar-refractivity contribution in [3.63, 3.8) is 0 Å². The number of rotatable bonds is 6. The van der Waals surface area contributed by atoms with Gasteiger partial charge in [-0.05, 0) is 31.1 Å². The van der Waals surface area contributed by atoms with Crippen molar-refractivity contribution in [3.8, 4) is 5.75 Å². The number of para-hydroxylation sites is 1. The molecule has 0 fully saturated rings. The second-order valence-electron chi connectivity index (χ2n) is 3.75. The fourth-order valence-corrected chi connectivity index (χ4v) is 1.73. The number of hydrogen-bond acceptors (Lipinski definition) is 3. The second-order valence-corrected chi connectivity index (χ2v) is 3.75. The first-order valence-electron chi connectivity index (χ1n) is 5.71. The molecule has 3 nitrogen and oxygen atoms in total. The third kappa shape index (κ3) is 3.07. The van der Waals surface area contributed by atoms with Gasteiger partial charge in [-0.1, -0.05) is 26.0 Å². The van der Waals surface area contributed by atoms with Gasteiger partial charge in [0.1, 0.15) is 5.75 Å². The van der Waals surface area contributed by atoms with Crippen LogP contribution in [0.1, 0.15) is 29.8 Å². The molecule has 0 heterocycles. The Labute approximate surface area is 96.7 Å². The lowest BCUT2D eigenvalue weighted by atomic mass is 10.1. The van der Waals surface area contributed by atoms with Crippen molar-refractivity contribution in [1.29, 1.82) is 0 Å². The van der Waals surface area contributed by atoms with Crippen molar-refractivity contribution < 1.29 is 9.90 Å². The summed E-state index contributed by atoms with van der Waals surface area (Å²) in [6, 6.07) is 5.30. The first-order valence-corrected chi connectivity index (χ1v) is 5.71. The van der Waals surface area contributed by atoms with E-state index in [1.807, 2.05) is 6.07 Å². The van der Waals surface area contributed by atoms with E-state index in [2.05, 4.69) is 18.7 Å². The number of carbonyl (C=O) groups is 1. The number of phenols is 1. The van der Waals surface area contributed by atoms with Crippen molar-refractivity contribution in [2.24, 2.45) is 0 Å². The number of benzene rings is 1. The van der Waals surface area contributed by atoms with E-state index in [1.54, 1.807) is 12.1 Å². The summed E-state index contributed by atoms with van der Waals surface area (Å²) in [5.41, 5.74) is 1.22. The molecule has 0 aliphatic carbocycles. The molecule has 0 saturated carbocycles. The Morgan fingerprint density at radius 1 is 1.31 bits per heavy atom. The molecule has 1 rings (SSSR count). The highest BCUT2D eigenvalue weighted by Gasteiger charge is 2.07. The quantitative estimate of drug-likeness (QED) is 0.748. The lowest BCUT2D eigenvalue weighted by Gasteiger charge is -2.18. The van der Waals surface area contributed by atoms with Gasteiger partial charge in [0.05, 0.1) is 5.56 Å². The molecular formula is C13H19NO2. The molecule has 0 atom stereocenters. The summed E-state index contributed by atoms with van der Waals surface area (Å²) in [5, 5.41) is 9.80. The lowest BCUT2D eigenvalue weighted by molar-refractivity contribution is 0.112. The molecule has 0 unspecified atom stereocenters. The van der Waals surface area contributed by atoms with Crippen LogP contribution in [0.2, 0.25) is 0 Å². The van der Waals surface area contributed by atoms with Crippen LogP contribution in [0, 0.1) is 0 Å². The van der Waals surface area contributed by atoms with Crippen LogP contribution in [0.15, 0.2) is 18.2 Å². The number of aldehydes is 1. The average Bonchev–Trinajstić information content (AvgIpc) is 2.32. The van der Waals surface area contributed by atoms with Crippen LogP contribution < -0.4 is 0 Å². The normalized spacial score (nSPS) is 10.7. The topological polar surface area (TPSA) is 40.5 Å². The molecule has 1 aromatic rings. The van der Waals surface area contributed by atoms with E-state index in [-0.39, 0.29) is 5.75 Å². The Balaban J connectivity index is 2.70. The third-order valence-electron chi connectivity index (χ3n) is 2.87. The molecule has 1 aromatic carbocycles. The van der Waals surface area contributed by atoms with Gasteiger partial charge in [0.15, 0.2) is 6.29 Å². The van der Waals surface area contributed by atoms with E-state index in [9.17, 15) is 9.90 Å². The van der Waals surface area contributed by atoms with Crippen LogP contribution >= 0.6 is 0 Å². The molecule has 0 radical (unpaired) electrons. The van der Waals surface area contributed by atoms with Gasteiger partial charge in [0.25, 0.3) is 0 Å². The standard InChI is InChI=1S/C13H19NO2/c1-3-14(4-2)9-8-11-6-5-7-12(10-15)13(11)16/h5-7,10,16H,3-4,8-9H2,1-2H3. The monoisotopic (exact) mass is 221 g/mol. The highest BCUT2D eigenvalue weighted by Crippen LogP contribution is 2.21. The van der Waals surface area contributed by atoms with Gasteiger partial charge in [-0.15, -0.1) is 0 Å². The molecule has 1 N–H and O–H groups in total. The summed E-state index contributed by atoms with van der Waals surface area (Å²) in [5.74, 6) is 0.129. The van der Waals surface area contributed by atoms with Crippen molar-refractivity contribution in [1.82, 2.24) is 4.90 Å². The predicted octanol–water partition coefficient (Wildman–Crippen LogP) is 2.09. The molecule has 0 spiro atoms. The van der Waals surface area contributed by atoms with Crippen LogP contribution in [0.5, 0.6) is 5.75 Å². The van der Waals surface area contributed by atoms with Crippen LogP contribution in [0.25, 0.3) is 0 Å². The zero-order chi connectivity index (χ0) is 12.0. The number of carbonyl (C=O) groups excluding carboxylic acids is 1. The van der Waals surface area contributed by atoms with Crippen LogP contribution in [-0.4, -0.2) is 35.9 Å². The maximum Gasteiger partial charge on any atom is 0.153 e. The molecule has 16 heavy (non-hydrogen) atoms. The fraction of sp³-hybridized carbons (Fsp3) is 0.462. The van der Waals surface area contributed by atoms with Gasteiger partial charge in [-0.25, -0.2) is 0 Å². The van der Waals surface area contributed by atoms with Gasteiger partial charge in [-0.2, -0.15) is 0 Å². The summed E-state index contributed by atoms with van der Waals surface area (Å²) in [6.07, 6.45) is 1.46. The minimum atomic E-state index is 0.129. The van der Waals surface area contributed by atoms with E-state index >= 15 is 0 Å². The van der Waals surface area contributed by atoms with Gasteiger partial charge < -0.3 is 10.0 Å². The van der Waals surface area contributed by atoms with Gasteiger partial charge in [0, 0.05) is 6.54 Å². The lowest BCUT2D eigenvalue weighted by Crippen LogP contribution is -2.25. The molecule has 0 bridgehead atoms. The summed E-state index contributed by atoms with van der Waals surface area (Å²) < 4.78 is 0. The van der Waals surface area contributed by atoms with Gasteiger partial charge in [-0.3, -0.25) is 4.79 Å². The van der Waals surface area contributed by atoms with Gasteiger partial charge >= 0.3 is 0 Å². The second kappa shape index (κ2) is 6.28. The molecular weight excluding hydrogens is 202 g/mol. The SMILES string of the molecule is CCN(CC)CCc1cccc(C=O)c1O. The smallest absolute Gasteiger partial charge is 0.153 e. The molecule has 3 heteroatoms. The Morgan fingerprint density at radius 3 is 2.56 bits per heavy atom. The van der Waals surface area contributed by atoms with E-state index in [4.69, 9.17) is 0 Å². The maximum absolute atomic E-state index is 10.7. The summed E-state index contributed by atoms with van der Waals surface area (Å²) >= 11 is 0. The summed E-state index contributed by atoms with van der Waals surface area (Å²) in [4.78, 5) is 12.9. The molecule has 0 aliphatic heterocycles. The molecule has 0 aliphatic rings. The molecule has 0 amide bonds. The Morgan fingerprint density at radius 2 is 2.00 bits per heavy atom. The summed E-state index contributed by atoms with van der Waals surface area (Å²) in [6.45, 7) is 7.15. The maximum atomic E-state index is 10.7. The zero-order valence-corrected chi connectivity index (χ0v) is 9.94. The van der Waals surface area contributed by atoms with Crippen LogP contribution in [0.3, 0.4) is 0 Å². The minimum absolute atomic E-state index is 0.129. The first kappa shape index (κ1) is 12.7. The predicted molar refractivity (Wildman–Crippen MR) is 65.0 cm³/mol. The molecule has 0 aromatic heterocycles. The van der Waals surface area contributed by atoms with Crippen LogP contribution in [0.4, 0.5) is 0 Å². The highest BCUT2D eigenvalue weighted by atomic mass is 16.3. The Hall–Kier alpha value is -1.35. The van der Waals surface area contributed by atoms with E-state index in [1.165, 1.54) is 0 Å². The number of nitrogens with zero attached hydrogens (tertiary/aromatic N) is 1. The number of phenolic OH excluding ortho intramolecular Hbond substituents is 1. The van der Waals surface area contributed by atoms with Gasteiger partial charge in [0.2, 0.25) is 0 Å². The number of hydrogen-bond donors (Lipinski definition) is 1. The Bertz CT molecular complexity index is 346. The number of aromatic hydroxyl groups is 1. The largest absolute Gasteiger partial charge is 0.507 e. The van der Waals surface area contributed by atoms with Crippen molar-refractivity contribution in [2.75, 3.05) is 19.6 Å². The minimum Gasteiger partial charge on any atom is -0.507 e. The first-order chi connectivity index (χ1) is 7.72. The highest BCUT2D eigenvalue weighted by molar-refractivity contribution is 5.79. The third-order valence-corrected chi connectivity index (χ3v) is 2.87. The van der Waals surface area contributed by atoms with E-state index in [0.29, 0.717) is 11.8 Å². The van der Waals surface area contributed by atoms with Crippen LogP contribution in [-0.2, 0) is 6.42 Å².